The molecule has 2 aromatic carbocycles. The molecule has 0 radical (unpaired) electrons. The van der Waals surface area contributed by atoms with Gasteiger partial charge in [-0.05, 0) is 54.7 Å². The van der Waals surface area contributed by atoms with Gasteiger partial charge in [-0.3, -0.25) is 14.5 Å². The molecule has 1 fully saturated rings. The summed E-state index contributed by atoms with van der Waals surface area (Å²) >= 11 is 0. The number of hydrogen-bond acceptors (Lipinski definition) is 3. The summed E-state index contributed by atoms with van der Waals surface area (Å²) in [5.41, 5.74) is 4.98. The third kappa shape index (κ3) is 3.88. The van der Waals surface area contributed by atoms with Gasteiger partial charge >= 0.3 is 0 Å². The number of aryl methyl sites for hydroxylation is 1. The molecule has 1 saturated heterocycles. The van der Waals surface area contributed by atoms with Gasteiger partial charge in [0.05, 0.1) is 6.54 Å². The van der Waals surface area contributed by atoms with Crippen LogP contribution in [0.2, 0.25) is 0 Å². The molecule has 5 heteroatoms. The zero-order chi connectivity index (χ0) is 18.8. The van der Waals surface area contributed by atoms with Gasteiger partial charge in [-0.2, -0.15) is 0 Å². The lowest BCUT2D eigenvalue weighted by atomic mass is 10.1. The Morgan fingerprint density at radius 3 is 2.30 bits per heavy atom. The molecule has 2 aliphatic rings. The second-order valence-corrected chi connectivity index (χ2v) is 7.49. The lowest BCUT2D eigenvalue weighted by molar-refractivity contribution is -0.117. The maximum atomic E-state index is 12.5. The van der Waals surface area contributed by atoms with Crippen LogP contribution in [0.25, 0.3) is 0 Å². The first kappa shape index (κ1) is 17.7. The van der Waals surface area contributed by atoms with E-state index in [4.69, 9.17) is 0 Å². The number of likely N-dealkylation sites (tertiary alicyclic amines) is 1. The second kappa shape index (κ2) is 7.53. The van der Waals surface area contributed by atoms with Crippen LogP contribution in [-0.4, -0.2) is 41.2 Å². The summed E-state index contributed by atoms with van der Waals surface area (Å²) in [6.07, 6.45) is 2.17. The van der Waals surface area contributed by atoms with Gasteiger partial charge < -0.3 is 10.2 Å². The Morgan fingerprint density at radius 1 is 1.00 bits per heavy atom. The van der Waals surface area contributed by atoms with Crippen molar-refractivity contribution < 1.29 is 9.59 Å². The van der Waals surface area contributed by atoms with E-state index in [1.54, 1.807) is 0 Å². The molecule has 0 aromatic heterocycles. The molecule has 2 aliphatic heterocycles. The standard InChI is InChI=1S/C22H25N3O2/c1-16-12-17(22(27)25-10-4-5-11-25)8-9-20(16)23-21(26)15-24-13-18-6-2-3-7-19(18)14-24/h2-3,6-9,12H,4-5,10-11,13-15H2,1H3,(H,23,26). The Kier molecular flexibility index (Phi) is 4.94. The molecule has 1 N–H and O–H groups in total. The summed E-state index contributed by atoms with van der Waals surface area (Å²) < 4.78 is 0. The fourth-order valence-electron chi connectivity index (χ4n) is 3.95. The van der Waals surface area contributed by atoms with E-state index in [1.165, 1.54) is 11.1 Å². The van der Waals surface area contributed by atoms with Crippen LogP contribution in [0.15, 0.2) is 42.5 Å². The normalized spacial score (nSPS) is 16.4. The predicted octanol–water partition coefficient (Wildman–Crippen LogP) is 3.19. The van der Waals surface area contributed by atoms with Crippen LogP contribution in [0.4, 0.5) is 5.69 Å². The summed E-state index contributed by atoms with van der Waals surface area (Å²) in [5, 5.41) is 2.99. The van der Waals surface area contributed by atoms with Gasteiger partial charge in [0, 0.05) is 37.4 Å². The minimum Gasteiger partial charge on any atom is -0.339 e. The number of benzene rings is 2. The van der Waals surface area contributed by atoms with E-state index in [9.17, 15) is 9.59 Å². The third-order valence-corrected chi connectivity index (χ3v) is 5.41. The number of rotatable bonds is 4. The van der Waals surface area contributed by atoms with E-state index in [2.05, 4.69) is 22.3 Å². The Hall–Kier alpha value is -2.66. The van der Waals surface area contributed by atoms with Crippen LogP contribution >= 0.6 is 0 Å². The summed E-state index contributed by atoms with van der Waals surface area (Å²) in [6.45, 7) is 5.60. The third-order valence-electron chi connectivity index (χ3n) is 5.41. The van der Waals surface area contributed by atoms with E-state index < -0.39 is 0 Å². The summed E-state index contributed by atoms with van der Waals surface area (Å²) in [7, 11) is 0. The minimum absolute atomic E-state index is 0.0236. The first-order valence-corrected chi connectivity index (χ1v) is 9.59. The lowest BCUT2D eigenvalue weighted by Gasteiger charge is -2.17. The topological polar surface area (TPSA) is 52.7 Å². The predicted molar refractivity (Wildman–Crippen MR) is 106 cm³/mol. The van der Waals surface area contributed by atoms with Crippen molar-refractivity contribution in [2.75, 3.05) is 25.0 Å². The molecule has 0 aliphatic carbocycles. The van der Waals surface area contributed by atoms with Crippen LogP contribution < -0.4 is 5.32 Å². The lowest BCUT2D eigenvalue weighted by Crippen LogP contribution is -2.30. The Balaban J connectivity index is 1.36. The van der Waals surface area contributed by atoms with Gasteiger partial charge in [0.15, 0.2) is 0 Å². The molecule has 2 aromatic rings. The molecule has 0 bridgehead atoms. The van der Waals surface area contributed by atoms with Crippen LogP contribution in [0.5, 0.6) is 0 Å². The quantitative estimate of drug-likeness (QED) is 0.908. The second-order valence-electron chi connectivity index (χ2n) is 7.49. The number of carbonyl (C=O) groups excluding carboxylic acids is 2. The highest BCUT2D eigenvalue weighted by Crippen LogP contribution is 2.23. The van der Waals surface area contributed by atoms with Gasteiger partial charge in [0.2, 0.25) is 5.91 Å². The summed E-state index contributed by atoms with van der Waals surface area (Å²) in [5.74, 6) is 0.0628. The first-order chi connectivity index (χ1) is 13.1. The summed E-state index contributed by atoms with van der Waals surface area (Å²) in [4.78, 5) is 29.0. The molecule has 0 atom stereocenters. The minimum atomic E-state index is -0.0236. The highest BCUT2D eigenvalue weighted by Gasteiger charge is 2.22. The molecule has 0 spiro atoms. The number of fused-ring (bicyclic) bond motifs is 1. The maximum Gasteiger partial charge on any atom is 0.253 e. The monoisotopic (exact) mass is 363 g/mol. The molecular formula is C22H25N3O2. The van der Waals surface area contributed by atoms with Crippen molar-refractivity contribution in [2.45, 2.75) is 32.9 Å². The number of carbonyl (C=O) groups is 2. The number of anilines is 1. The fourth-order valence-corrected chi connectivity index (χ4v) is 3.95. The van der Waals surface area contributed by atoms with Crippen molar-refractivity contribution in [1.29, 1.82) is 0 Å². The van der Waals surface area contributed by atoms with Gasteiger partial charge in [-0.15, -0.1) is 0 Å². The van der Waals surface area contributed by atoms with Crippen LogP contribution in [0.1, 0.15) is 39.9 Å². The molecule has 140 valence electrons. The van der Waals surface area contributed by atoms with Crippen molar-refractivity contribution in [3.8, 4) is 0 Å². The molecular weight excluding hydrogens is 338 g/mol. The van der Waals surface area contributed by atoms with E-state index in [1.807, 2.05) is 42.2 Å². The fraction of sp³-hybridized carbons (Fsp3) is 0.364. The van der Waals surface area contributed by atoms with Crippen LogP contribution in [-0.2, 0) is 17.9 Å². The largest absolute Gasteiger partial charge is 0.339 e. The number of nitrogens with zero attached hydrogens (tertiary/aromatic N) is 2. The SMILES string of the molecule is Cc1cc(C(=O)N2CCCC2)ccc1NC(=O)CN1Cc2ccccc2C1. The average molecular weight is 363 g/mol. The molecule has 2 amide bonds. The van der Waals surface area contributed by atoms with Crippen LogP contribution in [0.3, 0.4) is 0 Å². The number of hydrogen-bond donors (Lipinski definition) is 1. The van der Waals surface area contributed by atoms with Gasteiger partial charge in [0.1, 0.15) is 0 Å². The number of amides is 2. The van der Waals surface area contributed by atoms with Crippen molar-refractivity contribution >= 4 is 17.5 Å². The Morgan fingerprint density at radius 2 is 1.67 bits per heavy atom. The van der Waals surface area contributed by atoms with E-state index >= 15 is 0 Å². The van der Waals surface area contributed by atoms with Gasteiger partial charge in [0.25, 0.3) is 5.91 Å². The van der Waals surface area contributed by atoms with Gasteiger partial charge in [-0.1, -0.05) is 24.3 Å². The zero-order valence-electron chi connectivity index (χ0n) is 15.7. The van der Waals surface area contributed by atoms with Crippen molar-refractivity contribution in [2.24, 2.45) is 0 Å². The van der Waals surface area contributed by atoms with Crippen molar-refractivity contribution in [3.05, 3.63) is 64.7 Å². The van der Waals surface area contributed by atoms with Gasteiger partial charge in [-0.25, -0.2) is 0 Å². The summed E-state index contributed by atoms with van der Waals surface area (Å²) in [6, 6.07) is 13.8. The first-order valence-electron chi connectivity index (χ1n) is 9.59. The molecule has 0 unspecified atom stereocenters. The highest BCUT2D eigenvalue weighted by molar-refractivity contribution is 5.97. The maximum absolute atomic E-state index is 12.5. The average Bonchev–Trinajstić information content (AvgIpc) is 3.31. The van der Waals surface area contributed by atoms with Crippen LogP contribution in [0, 0.1) is 6.92 Å². The molecule has 5 nitrogen and oxygen atoms in total. The Bertz CT molecular complexity index is 847. The van der Waals surface area contributed by atoms with E-state index in [0.717, 1.165) is 50.3 Å². The molecule has 2 heterocycles. The number of nitrogens with one attached hydrogen (secondary N) is 1. The van der Waals surface area contributed by atoms with Crippen molar-refractivity contribution in [3.63, 3.8) is 0 Å². The highest BCUT2D eigenvalue weighted by atomic mass is 16.2. The van der Waals surface area contributed by atoms with E-state index in [-0.39, 0.29) is 11.8 Å². The smallest absolute Gasteiger partial charge is 0.253 e. The molecule has 0 saturated carbocycles. The van der Waals surface area contributed by atoms with E-state index in [0.29, 0.717) is 12.1 Å². The molecule has 4 rings (SSSR count). The Labute approximate surface area is 160 Å². The zero-order valence-corrected chi connectivity index (χ0v) is 15.7. The van der Waals surface area contributed by atoms with Crippen molar-refractivity contribution in [1.82, 2.24) is 9.80 Å². The molecule has 27 heavy (non-hydrogen) atoms.